The first kappa shape index (κ1) is 20.9. The molecule has 4 rings (SSSR count). The number of ether oxygens (including phenoxy) is 1. The highest BCUT2D eigenvalue weighted by molar-refractivity contribution is 5.76. The van der Waals surface area contributed by atoms with Crippen LogP contribution in [-0.2, 0) is 13.0 Å². The Kier molecular flexibility index (Phi) is 6.33. The molecule has 0 unspecified atom stereocenters. The fourth-order valence-electron chi connectivity index (χ4n) is 3.52. The normalized spacial score (nSPS) is 11.5. The molecule has 0 spiro atoms. The number of H-pyrrole nitrogens is 1. The number of para-hydroxylation sites is 2. The number of nitriles is 1. The topological polar surface area (TPSA) is 103 Å². The summed E-state index contributed by atoms with van der Waals surface area (Å²) in [6, 6.07) is 24.1. The quantitative estimate of drug-likeness (QED) is 0.412. The molecule has 0 saturated heterocycles. The van der Waals surface area contributed by atoms with Crippen LogP contribution in [0.5, 0.6) is 5.75 Å². The Bertz CT molecular complexity index is 1220. The summed E-state index contributed by atoms with van der Waals surface area (Å²) >= 11 is 0. The molecular weight excluding hydrogens is 402 g/mol. The predicted octanol–water partition coefficient (Wildman–Crippen LogP) is 4.23. The number of methoxy groups -OCH3 is 1. The van der Waals surface area contributed by atoms with E-state index in [2.05, 4.69) is 26.7 Å². The number of fused-ring (bicyclic) bond motifs is 1. The van der Waals surface area contributed by atoms with Crippen molar-refractivity contribution in [1.82, 2.24) is 20.6 Å². The SMILES string of the molecule is COc1ccc(C[C@@H](NC(=O)NCc2ccccc2C#N)c2nc3ccccc3[nH]2)cc1. The number of aromatic nitrogens is 2. The van der Waals surface area contributed by atoms with Gasteiger partial charge >= 0.3 is 6.03 Å². The summed E-state index contributed by atoms with van der Waals surface area (Å²) in [5.74, 6) is 1.45. The third kappa shape index (κ3) is 4.87. The number of urea groups is 1. The largest absolute Gasteiger partial charge is 0.497 e. The average Bonchev–Trinajstić information content (AvgIpc) is 3.27. The third-order valence-corrected chi connectivity index (χ3v) is 5.22. The van der Waals surface area contributed by atoms with E-state index in [0.29, 0.717) is 17.8 Å². The number of nitrogens with zero attached hydrogens (tertiary/aromatic N) is 2. The first-order valence-corrected chi connectivity index (χ1v) is 10.3. The second-order valence-corrected chi connectivity index (χ2v) is 7.34. The van der Waals surface area contributed by atoms with Gasteiger partial charge in [-0.3, -0.25) is 0 Å². The van der Waals surface area contributed by atoms with Gasteiger partial charge in [-0.25, -0.2) is 9.78 Å². The molecule has 0 radical (unpaired) electrons. The van der Waals surface area contributed by atoms with Gasteiger partial charge in [-0.2, -0.15) is 5.26 Å². The van der Waals surface area contributed by atoms with Crippen LogP contribution in [0.3, 0.4) is 0 Å². The monoisotopic (exact) mass is 425 g/mol. The minimum Gasteiger partial charge on any atom is -0.497 e. The van der Waals surface area contributed by atoms with Gasteiger partial charge in [0, 0.05) is 6.54 Å². The highest BCUT2D eigenvalue weighted by atomic mass is 16.5. The number of amides is 2. The summed E-state index contributed by atoms with van der Waals surface area (Å²) in [4.78, 5) is 20.7. The molecule has 0 aliphatic heterocycles. The third-order valence-electron chi connectivity index (χ3n) is 5.22. The summed E-state index contributed by atoms with van der Waals surface area (Å²) in [5.41, 5.74) is 4.09. The summed E-state index contributed by atoms with van der Waals surface area (Å²) in [6.45, 7) is 0.255. The van der Waals surface area contributed by atoms with Crippen LogP contribution in [0.1, 0.15) is 28.6 Å². The Morgan fingerprint density at radius 2 is 1.84 bits per heavy atom. The maximum Gasteiger partial charge on any atom is 0.315 e. The highest BCUT2D eigenvalue weighted by Gasteiger charge is 2.19. The molecule has 0 saturated carbocycles. The van der Waals surface area contributed by atoms with Crippen LogP contribution < -0.4 is 15.4 Å². The fraction of sp³-hybridized carbons (Fsp3) is 0.160. The molecule has 3 N–H and O–H groups in total. The van der Waals surface area contributed by atoms with Gasteiger partial charge in [0.2, 0.25) is 0 Å². The van der Waals surface area contributed by atoms with Crippen LogP contribution >= 0.6 is 0 Å². The molecule has 7 heteroatoms. The van der Waals surface area contributed by atoms with Gasteiger partial charge < -0.3 is 20.4 Å². The molecule has 3 aromatic carbocycles. The number of rotatable bonds is 7. The molecule has 0 aliphatic carbocycles. The number of carbonyl (C=O) groups is 1. The van der Waals surface area contributed by atoms with E-state index in [0.717, 1.165) is 27.9 Å². The van der Waals surface area contributed by atoms with Gasteiger partial charge in [0.15, 0.2) is 0 Å². The number of nitrogens with one attached hydrogen (secondary N) is 3. The van der Waals surface area contributed by atoms with Crippen molar-refractivity contribution in [3.05, 3.63) is 95.3 Å². The maximum atomic E-state index is 12.7. The molecule has 2 amide bonds. The van der Waals surface area contributed by atoms with Gasteiger partial charge in [0.25, 0.3) is 0 Å². The molecule has 160 valence electrons. The summed E-state index contributed by atoms with van der Waals surface area (Å²) in [5, 5.41) is 15.1. The Balaban J connectivity index is 1.52. The van der Waals surface area contributed by atoms with Crippen molar-refractivity contribution in [2.24, 2.45) is 0 Å². The molecule has 4 aromatic rings. The van der Waals surface area contributed by atoms with Crippen LogP contribution in [0.4, 0.5) is 4.79 Å². The van der Waals surface area contributed by atoms with Crippen molar-refractivity contribution in [2.75, 3.05) is 7.11 Å². The lowest BCUT2D eigenvalue weighted by atomic mass is 10.1. The Labute approximate surface area is 186 Å². The number of benzene rings is 3. The van der Waals surface area contributed by atoms with Crippen LogP contribution in [-0.4, -0.2) is 23.1 Å². The molecule has 0 bridgehead atoms. The van der Waals surface area contributed by atoms with Crippen LogP contribution in [0.15, 0.2) is 72.8 Å². The molecular formula is C25H23N5O2. The molecule has 0 fully saturated rings. The maximum absolute atomic E-state index is 12.7. The van der Waals surface area contributed by atoms with E-state index in [-0.39, 0.29) is 18.6 Å². The smallest absolute Gasteiger partial charge is 0.315 e. The zero-order valence-electron chi connectivity index (χ0n) is 17.6. The lowest BCUT2D eigenvalue weighted by Crippen LogP contribution is -2.39. The fourth-order valence-corrected chi connectivity index (χ4v) is 3.52. The van der Waals surface area contributed by atoms with E-state index in [1.54, 1.807) is 19.2 Å². The van der Waals surface area contributed by atoms with Crippen molar-refractivity contribution < 1.29 is 9.53 Å². The predicted molar refractivity (Wildman–Crippen MR) is 122 cm³/mol. The van der Waals surface area contributed by atoms with Crippen molar-refractivity contribution in [1.29, 1.82) is 5.26 Å². The lowest BCUT2D eigenvalue weighted by Gasteiger charge is -2.18. The first-order valence-electron chi connectivity index (χ1n) is 10.3. The number of aromatic amines is 1. The van der Waals surface area contributed by atoms with E-state index in [1.807, 2.05) is 60.7 Å². The summed E-state index contributed by atoms with van der Waals surface area (Å²) in [6.07, 6.45) is 0.548. The Morgan fingerprint density at radius 1 is 1.09 bits per heavy atom. The van der Waals surface area contributed by atoms with Crippen LogP contribution in [0.2, 0.25) is 0 Å². The van der Waals surface area contributed by atoms with Crippen molar-refractivity contribution >= 4 is 17.1 Å². The Morgan fingerprint density at radius 3 is 2.59 bits per heavy atom. The Hall–Kier alpha value is -4.31. The molecule has 1 atom stereocenters. The number of imidazole rings is 1. The van der Waals surface area contributed by atoms with E-state index in [9.17, 15) is 10.1 Å². The first-order chi connectivity index (χ1) is 15.7. The van der Waals surface area contributed by atoms with Gasteiger partial charge in [0.1, 0.15) is 11.6 Å². The van der Waals surface area contributed by atoms with Crippen molar-refractivity contribution in [3.8, 4) is 11.8 Å². The minimum atomic E-state index is -0.373. The summed E-state index contributed by atoms with van der Waals surface area (Å²) < 4.78 is 5.23. The van der Waals surface area contributed by atoms with Gasteiger partial charge in [0.05, 0.1) is 35.8 Å². The zero-order valence-corrected chi connectivity index (χ0v) is 17.6. The number of carbonyl (C=O) groups excluding carboxylic acids is 1. The van der Waals surface area contributed by atoms with E-state index in [1.165, 1.54) is 0 Å². The minimum absolute atomic E-state index is 0.255. The molecule has 1 heterocycles. The number of hydrogen-bond acceptors (Lipinski definition) is 4. The summed E-state index contributed by atoms with van der Waals surface area (Å²) in [7, 11) is 1.63. The van der Waals surface area contributed by atoms with Crippen molar-refractivity contribution in [2.45, 2.75) is 19.0 Å². The van der Waals surface area contributed by atoms with Crippen LogP contribution in [0.25, 0.3) is 11.0 Å². The van der Waals surface area contributed by atoms with E-state index < -0.39 is 0 Å². The zero-order chi connectivity index (χ0) is 22.3. The van der Waals surface area contributed by atoms with E-state index >= 15 is 0 Å². The lowest BCUT2D eigenvalue weighted by molar-refractivity contribution is 0.236. The van der Waals surface area contributed by atoms with Gasteiger partial charge in [-0.05, 0) is 47.9 Å². The molecule has 0 aliphatic rings. The number of hydrogen-bond donors (Lipinski definition) is 3. The van der Waals surface area contributed by atoms with E-state index in [4.69, 9.17) is 4.74 Å². The standard InChI is InChI=1S/C25H23N5O2/c1-32-20-12-10-17(11-13-20)14-23(24-28-21-8-4-5-9-22(21)29-24)30-25(31)27-16-19-7-3-2-6-18(19)15-26/h2-13,23H,14,16H2,1H3,(H,28,29)(H2,27,30,31)/t23-/m1/s1. The van der Waals surface area contributed by atoms with Crippen LogP contribution in [0, 0.1) is 11.3 Å². The molecule has 7 nitrogen and oxygen atoms in total. The van der Waals surface area contributed by atoms with Gasteiger partial charge in [-0.1, -0.05) is 42.5 Å². The highest BCUT2D eigenvalue weighted by Crippen LogP contribution is 2.21. The van der Waals surface area contributed by atoms with Crippen molar-refractivity contribution in [3.63, 3.8) is 0 Å². The second kappa shape index (κ2) is 9.67. The van der Waals surface area contributed by atoms with Gasteiger partial charge in [-0.15, -0.1) is 0 Å². The molecule has 32 heavy (non-hydrogen) atoms. The second-order valence-electron chi connectivity index (χ2n) is 7.34. The molecule has 1 aromatic heterocycles. The average molecular weight is 425 g/mol.